The molecule has 1 aromatic carbocycles. The lowest BCUT2D eigenvalue weighted by atomic mass is 10.1. The van der Waals surface area contributed by atoms with Crippen molar-refractivity contribution < 1.29 is 9.47 Å². The summed E-state index contributed by atoms with van der Waals surface area (Å²) in [6.45, 7) is 0.740. The Morgan fingerprint density at radius 2 is 2.28 bits per heavy atom. The number of fused-ring (bicyclic) bond motifs is 1. The SMILES string of the molecule is NNC(C1=CCCO1)C1CSc2ccccc2O1. The maximum Gasteiger partial charge on any atom is 0.133 e. The number of para-hydroxylation sites is 1. The lowest BCUT2D eigenvalue weighted by Crippen LogP contribution is -2.50. The first-order chi connectivity index (χ1) is 8.88. The second-order valence-electron chi connectivity index (χ2n) is 4.30. The molecule has 2 aliphatic heterocycles. The predicted molar refractivity (Wildman–Crippen MR) is 71.3 cm³/mol. The van der Waals surface area contributed by atoms with Crippen LogP contribution in [0.15, 0.2) is 41.0 Å². The van der Waals surface area contributed by atoms with Crippen LogP contribution in [0.25, 0.3) is 0 Å². The van der Waals surface area contributed by atoms with E-state index in [4.69, 9.17) is 15.3 Å². The number of ether oxygens (including phenoxy) is 2. The normalized spacial score (nSPS) is 23.6. The third-order valence-corrected chi connectivity index (χ3v) is 4.26. The number of nitrogens with two attached hydrogens (primary N) is 1. The third kappa shape index (κ3) is 2.21. The molecule has 3 N–H and O–H groups in total. The van der Waals surface area contributed by atoms with E-state index < -0.39 is 0 Å². The first-order valence-electron chi connectivity index (χ1n) is 6.06. The second-order valence-corrected chi connectivity index (χ2v) is 5.36. The number of hydrogen-bond acceptors (Lipinski definition) is 5. The van der Waals surface area contributed by atoms with Gasteiger partial charge in [-0.3, -0.25) is 5.84 Å². The highest BCUT2D eigenvalue weighted by Gasteiger charge is 2.32. The van der Waals surface area contributed by atoms with Gasteiger partial charge in [-0.2, -0.15) is 0 Å². The van der Waals surface area contributed by atoms with Gasteiger partial charge in [-0.15, -0.1) is 11.8 Å². The zero-order chi connectivity index (χ0) is 12.4. The fourth-order valence-corrected chi connectivity index (χ4v) is 3.26. The number of hydrazine groups is 1. The smallest absolute Gasteiger partial charge is 0.133 e. The summed E-state index contributed by atoms with van der Waals surface area (Å²) in [5.74, 6) is 8.34. The fourth-order valence-electron chi connectivity index (χ4n) is 2.23. The van der Waals surface area contributed by atoms with Gasteiger partial charge in [0.15, 0.2) is 0 Å². The number of rotatable bonds is 3. The molecule has 0 amide bonds. The van der Waals surface area contributed by atoms with Gasteiger partial charge in [-0.25, -0.2) is 5.43 Å². The molecule has 0 radical (unpaired) electrons. The molecule has 18 heavy (non-hydrogen) atoms. The van der Waals surface area contributed by atoms with Gasteiger partial charge in [0, 0.05) is 17.1 Å². The van der Waals surface area contributed by atoms with E-state index in [-0.39, 0.29) is 12.1 Å². The Kier molecular flexibility index (Phi) is 3.45. The van der Waals surface area contributed by atoms with Crippen molar-refractivity contribution in [2.24, 2.45) is 5.84 Å². The molecular weight excluding hydrogens is 248 g/mol. The van der Waals surface area contributed by atoms with E-state index in [0.29, 0.717) is 0 Å². The number of hydrogen-bond donors (Lipinski definition) is 2. The lowest BCUT2D eigenvalue weighted by molar-refractivity contribution is 0.133. The van der Waals surface area contributed by atoms with E-state index in [9.17, 15) is 0 Å². The summed E-state index contributed by atoms with van der Waals surface area (Å²) in [6.07, 6.45) is 3.03. The average Bonchev–Trinajstić information content (AvgIpc) is 2.93. The summed E-state index contributed by atoms with van der Waals surface area (Å²) in [5, 5.41) is 0. The molecule has 4 nitrogen and oxygen atoms in total. The van der Waals surface area contributed by atoms with Crippen LogP contribution in [0.5, 0.6) is 5.75 Å². The molecule has 0 fully saturated rings. The minimum absolute atomic E-state index is 0.000694. The predicted octanol–water partition coefficient (Wildman–Crippen LogP) is 1.68. The summed E-state index contributed by atoms with van der Waals surface area (Å²) < 4.78 is 11.6. The van der Waals surface area contributed by atoms with E-state index >= 15 is 0 Å². The summed E-state index contributed by atoms with van der Waals surface area (Å²) in [5.41, 5.74) is 2.81. The van der Waals surface area contributed by atoms with Crippen LogP contribution in [0.4, 0.5) is 0 Å². The monoisotopic (exact) mass is 264 g/mol. The van der Waals surface area contributed by atoms with E-state index in [0.717, 1.165) is 30.3 Å². The van der Waals surface area contributed by atoms with E-state index in [1.807, 2.05) is 18.2 Å². The first kappa shape index (κ1) is 11.9. The molecule has 0 bridgehead atoms. The van der Waals surface area contributed by atoms with E-state index in [2.05, 4.69) is 17.6 Å². The van der Waals surface area contributed by atoms with Gasteiger partial charge in [0.2, 0.25) is 0 Å². The van der Waals surface area contributed by atoms with Crippen molar-refractivity contribution in [3.8, 4) is 5.75 Å². The van der Waals surface area contributed by atoms with Gasteiger partial charge < -0.3 is 9.47 Å². The Morgan fingerprint density at radius 1 is 1.39 bits per heavy atom. The maximum atomic E-state index is 6.01. The maximum absolute atomic E-state index is 6.01. The Bertz CT molecular complexity index is 464. The molecule has 1 aromatic rings. The Balaban J connectivity index is 1.78. The van der Waals surface area contributed by atoms with Crippen molar-refractivity contribution >= 4 is 11.8 Å². The van der Waals surface area contributed by atoms with Gasteiger partial charge in [0.1, 0.15) is 23.7 Å². The van der Waals surface area contributed by atoms with E-state index in [1.54, 1.807) is 11.8 Å². The molecule has 0 saturated carbocycles. The molecule has 2 aliphatic rings. The Hall–Kier alpha value is -1.17. The van der Waals surface area contributed by atoms with E-state index in [1.165, 1.54) is 4.90 Å². The molecule has 3 rings (SSSR count). The fraction of sp³-hybridized carbons (Fsp3) is 0.385. The zero-order valence-electron chi connectivity index (χ0n) is 9.96. The van der Waals surface area contributed by atoms with Crippen LogP contribution in [0, 0.1) is 0 Å². The minimum Gasteiger partial charge on any atom is -0.496 e. The van der Waals surface area contributed by atoms with Crippen molar-refractivity contribution in [2.45, 2.75) is 23.5 Å². The molecule has 0 aromatic heterocycles. The second kappa shape index (κ2) is 5.22. The quantitative estimate of drug-likeness (QED) is 0.642. The van der Waals surface area contributed by atoms with Crippen molar-refractivity contribution in [1.29, 1.82) is 0 Å². The summed E-state index contributed by atoms with van der Waals surface area (Å²) >= 11 is 1.80. The number of nitrogens with one attached hydrogen (secondary N) is 1. The van der Waals surface area contributed by atoms with Crippen molar-refractivity contribution in [3.05, 3.63) is 36.1 Å². The highest BCUT2D eigenvalue weighted by molar-refractivity contribution is 7.99. The van der Waals surface area contributed by atoms with Crippen LogP contribution >= 0.6 is 11.8 Å². The summed E-state index contributed by atoms with van der Waals surface area (Å²) in [4.78, 5) is 1.19. The zero-order valence-corrected chi connectivity index (χ0v) is 10.8. The summed E-state index contributed by atoms with van der Waals surface area (Å²) in [7, 11) is 0. The average molecular weight is 264 g/mol. The first-order valence-corrected chi connectivity index (χ1v) is 7.04. The van der Waals surface area contributed by atoms with Crippen LogP contribution in [-0.4, -0.2) is 24.5 Å². The third-order valence-electron chi connectivity index (χ3n) is 3.12. The minimum atomic E-state index is -0.0756. The van der Waals surface area contributed by atoms with Crippen molar-refractivity contribution in [2.75, 3.05) is 12.4 Å². The molecule has 0 aliphatic carbocycles. The van der Waals surface area contributed by atoms with Crippen LogP contribution < -0.4 is 16.0 Å². The van der Waals surface area contributed by atoms with Crippen molar-refractivity contribution in [1.82, 2.24) is 5.43 Å². The molecule has 96 valence electrons. The van der Waals surface area contributed by atoms with Crippen molar-refractivity contribution in [3.63, 3.8) is 0 Å². The van der Waals surface area contributed by atoms with Crippen LogP contribution in [0.3, 0.4) is 0 Å². The molecule has 2 heterocycles. The molecule has 0 saturated heterocycles. The molecule has 2 unspecified atom stereocenters. The highest BCUT2D eigenvalue weighted by atomic mass is 32.2. The number of benzene rings is 1. The summed E-state index contributed by atoms with van der Waals surface area (Å²) in [6, 6.07) is 8.00. The van der Waals surface area contributed by atoms with Gasteiger partial charge in [-0.1, -0.05) is 12.1 Å². The molecule has 0 spiro atoms. The van der Waals surface area contributed by atoms with Crippen LogP contribution in [0.1, 0.15) is 6.42 Å². The molecule has 2 atom stereocenters. The Labute approximate surface area is 110 Å². The van der Waals surface area contributed by atoms with Crippen LogP contribution in [-0.2, 0) is 4.74 Å². The van der Waals surface area contributed by atoms with Crippen LogP contribution in [0.2, 0.25) is 0 Å². The van der Waals surface area contributed by atoms with Gasteiger partial charge >= 0.3 is 0 Å². The molecule has 5 heteroatoms. The highest BCUT2D eigenvalue weighted by Crippen LogP contribution is 2.36. The molecular formula is C13H16N2O2S. The largest absolute Gasteiger partial charge is 0.496 e. The van der Waals surface area contributed by atoms with Gasteiger partial charge in [0.05, 0.1) is 6.61 Å². The topological polar surface area (TPSA) is 56.5 Å². The Morgan fingerprint density at radius 3 is 3.06 bits per heavy atom. The lowest BCUT2D eigenvalue weighted by Gasteiger charge is -2.31. The van der Waals surface area contributed by atoms with Gasteiger partial charge in [-0.05, 0) is 18.2 Å². The van der Waals surface area contributed by atoms with Gasteiger partial charge in [0.25, 0.3) is 0 Å². The number of thioether (sulfide) groups is 1. The standard InChI is InChI=1S/C13H16N2O2S/c14-15-13(10-5-3-7-16-10)11-8-18-12-6-2-1-4-9(12)17-11/h1-2,4-6,11,13,15H,3,7-8,14H2.